The molecule has 0 unspecified atom stereocenters. The third kappa shape index (κ3) is 4.99. The molecule has 130 valence electrons. The Hall–Kier alpha value is -0.980. The van der Waals surface area contributed by atoms with Crippen LogP contribution < -0.4 is 10.1 Å². The Morgan fingerprint density at radius 1 is 1.35 bits per heavy atom. The van der Waals surface area contributed by atoms with Crippen molar-refractivity contribution in [2.45, 2.75) is 38.0 Å². The lowest BCUT2D eigenvalue weighted by Crippen LogP contribution is -2.42. The van der Waals surface area contributed by atoms with Crippen molar-refractivity contribution in [3.8, 4) is 5.75 Å². The Kier molecular flexibility index (Phi) is 8.16. The molecule has 0 amide bonds. The highest BCUT2D eigenvalue weighted by atomic mass is 127. The summed E-state index contributed by atoms with van der Waals surface area (Å²) in [7, 11) is 5.71. The number of aliphatic imine (C=N–C) groups is 1. The molecule has 0 saturated heterocycles. The van der Waals surface area contributed by atoms with Gasteiger partial charge in [-0.3, -0.25) is 4.99 Å². The van der Waals surface area contributed by atoms with Gasteiger partial charge in [0, 0.05) is 38.2 Å². The number of methoxy groups -OCH3 is 1. The van der Waals surface area contributed by atoms with Crippen molar-refractivity contribution in [3.05, 3.63) is 29.8 Å². The predicted octanol–water partition coefficient (Wildman–Crippen LogP) is 3.65. The van der Waals surface area contributed by atoms with Crippen LogP contribution in [-0.2, 0) is 5.41 Å². The molecule has 1 aromatic carbocycles. The molecule has 1 N–H and O–H groups in total. The Morgan fingerprint density at radius 3 is 2.61 bits per heavy atom. The maximum Gasteiger partial charge on any atom is 0.193 e. The van der Waals surface area contributed by atoms with Gasteiger partial charge in [0.05, 0.1) is 7.11 Å². The second kappa shape index (κ2) is 9.35. The molecule has 1 aliphatic carbocycles. The number of para-hydroxylation sites is 1. The summed E-state index contributed by atoms with van der Waals surface area (Å²) in [6.07, 6.45) is 4.80. The van der Waals surface area contributed by atoms with E-state index in [0.29, 0.717) is 0 Å². The SMILES string of the molecule is CCCCN(C)C(=NC)NCC1(c2ccccc2OC)CC1.I. The molecule has 0 aliphatic heterocycles. The summed E-state index contributed by atoms with van der Waals surface area (Å²) in [5.74, 6) is 1.98. The van der Waals surface area contributed by atoms with Crippen LogP contribution in [0.4, 0.5) is 0 Å². The van der Waals surface area contributed by atoms with E-state index in [1.54, 1.807) is 7.11 Å². The Labute approximate surface area is 157 Å². The smallest absolute Gasteiger partial charge is 0.193 e. The van der Waals surface area contributed by atoms with E-state index in [9.17, 15) is 0 Å². The van der Waals surface area contributed by atoms with Crippen LogP contribution in [0.3, 0.4) is 0 Å². The minimum atomic E-state index is 0. The largest absolute Gasteiger partial charge is 0.496 e. The zero-order valence-electron chi connectivity index (χ0n) is 14.8. The Balaban J connectivity index is 0.00000264. The van der Waals surface area contributed by atoms with Gasteiger partial charge in [-0.25, -0.2) is 0 Å². The summed E-state index contributed by atoms with van der Waals surface area (Å²) in [5.41, 5.74) is 1.52. The molecular weight excluding hydrogens is 401 g/mol. The fourth-order valence-corrected chi connectivity index (χ4v) is 2.91. The monoisotopic (exact) mass is 431 g/mol. The quantitative estimate of drug-likeness (QED) is 0.407. The second-order valence-corrected chi connectivity index (χ2v) is 6.16. The first-order valence-electron chi connectivity index (χ1n) is 8.22. The maximum absolute atomic E-state index is 5.54. The molecule has 23 heavy (non-hydrogen) atoms. The first-order valence-corrected chi connectivity index (χ1v) is 8.22. The standard InChI is InChI=1S/C18H29N3O.HI/c1-5-6-13-21(3)17(19-2)20-14-18(11-12-18)15-9-7-8-10-16(15)22-4;/h7-10H,5-6,11-14H2,1-4H3,(H,19,20);1H. The van der Waals surface area contributed by atoms with Crippen LogP contribution in [0.2, 0.25) is 0 Å². The molecule has 0 heterocycles. The Morgan fingerprint density at radius 2 is 2.04 bits per heavy atom. The van der Waals surface area contributed by atoms with Gasteiger partial charge >= 0.3 is 0 Å². The Bertz CT molecular complexity index is 515. The number of hydrogen-bond donors (Lipinski definition) is 1. The highest BCUT2D eigenvalue weighted by Gasteiger charge is 2.46. The molecule has 2 rings (SSSR count). The zero-order chi connectivity index (χ0) is 16.0. The van der Waals surface area contributed by atoms with Gasteiger partial charge in [0.1, 0.15) is 5.75 Å². The highest BCUT2D eigenvalue weighted by molar-refractivity contribution is 14.0. The van der Waals surface area contributed by atoms with Gasteiger partial charge in [0.25, 0.3) is 0 Å². The van der Waals surface area contributed by atoms with Gasteiger partial charge in [-0.2, -0.15) is 0 Å². The third-order valence-electron chi connectivity index (χ3n) is 4.54. The van der Waals surface area contributed by atoms with E-state index in [0.717, 1.165) is 24.8 Å². The molecule has 0 aromatic heterocycles. The van der Waals surface area contributed by atoms with Crippen LogP contribution in [0.25, 0.3) is 0 Å². The fraction of sp³-hybridized carbons (Fsp3) is 0.611. The first-order chi connectivity index (χ1) is 10.7. The van der Waals surface area contributed by atoms with E-state index in [4.69, 9.17) is 4.74 Å². The number of rotatable bonds is 7. The summed E-state index contributed by atoms with van der Waals surface area (Å²) in [6.45, 7) is 4.17. The molecule has 1 aromatic rings. The van der Waals surface area contributed by atoms with Gasteiger partial charge < -0.3 is 15.0 Å². The molecule has 4 nitrogen and oxygen atoms in total. The molecule has 1 fully saturated rings. The number of hydrogen-bond acceptors (Lipinski definition) is 2. The van der Waals surface area contributed by atoms with E-state index < -0.39 is 0 Å². The molecule has 0 radical (unpaired) electrons. The minimum absolute atomic E-state index is 0. The second-order valence-electron chi connectivity index (χ2n) is 6.16. The normalized spacial score (nSPS) is 15.6. The van der Waals surface area contributed by atoms with E-state index in [-0.39, 0.29) is 29.4 Å². The van der Waals surface area contributed by atoms with Crippen LogP contribution in [-0.4, -0.2) is 45.2 Å². The molecule has 0 atom stereocenters. The van der Waals surface area contributed by atoms with Gasteiger partial charge in [-0.1, -0.05) is 31.5 Å². The molecule has 0 bridgehead atoms. The van der Waals surface area contributed by atoms with Crippen LogP contribution in [0, 0.1) is 0 Å². The van der Waals surface area contributed by atoms with Crippen molar-refractivity contribution in [2.75, 3.05) is 34.3 Å². The van der Waals surface area contributed by atoms with Crippen molar-refractivity contribution in [2.24, 2.45) is 4.99 Å². The van der Waals surface area contributed by atoms with Crippen molar-refractivity contribution in [3.63, 3.8) is 0 Å². The zero-order valence-corrected chi connectivity index (χ0v) is 17.1. The van der Waals surface area contributed by atoms with E-state index in [1.807, 2.05) is 13.1 Å². The van der Waals surface area contributed by atoms with Gasteiger partial charge in [-0.15, -0.1) is 24.0 Å². The van der Waals surface area contributed by atoms with E-state index >= 15 is 0 Å². The summed E-state index contributed by atoms with van der Waals surface area (Å²) in [6, 6.07) is 8.37. The summed E-state index contributed by atoms with van der Waals surface area (Å²) < 4.78 is 5.54. The molecule has 1 saturated carbocycles. The predicted molar refractivity (Wildman–Crippen MR) is 108 cm³/mol. The van der Waals surface area contributed by atoms with Crippen LogP contribution in [0.15, 0.2) is 29.3 Å². The van der Waals surface area contributed by atoms with Crippen molar-refractivity contribution in [1.29, 1.82) is 0 Å². The number of unbranched alkanes of at least 4 members (excludes halogenated alkanes) is 1. The lowest BCUT2D eigenvalue weighted by atomic mass is 9.95. The number of halogens is 1. The summed E-state index contributed by atoms with van der Waals surface area (Å²) in [4.78, 5) is 6.62. The topological polar surface area (TPSA) is 36.9 Å². The number of ether oxygens (including phenoxy) is 1. The lowest BCUT2D eigenvalue weighted by Gasteiger charge is -2.25. The maximum atomic E-state index is 5.54. The number of guanidine groups is 1. The van der Waals surface area contributed by atoms with Crippen molar-refractivity contribution in [1.82, 2.24) is 10.2 Å². The fourth-order valence-electron chi connectivity index (χ4n) is 2.91. The minimum Gasteiger partial charge on any atom is -0.496 e. The van der Waals surface area contributed by atoms with Gasteiger partial charge in [0.2, 0.25) is 0 Å². The molecule has 0 spiro atoms. The molecular formula is C18H30IN3O. The van der Waals surface area contributed by atoms with Crippen molar-refractivity contribution >= 4 is 29.9 Å². The number of nitrogens with zero attached hydrogens (tertiary/aromatic N) is 2. The average Bonchev–Trinajstić information content (AvgIpc) is 3.34. The van der Waals surface area contributed by atoms with Gasteiger partial charge in [-0.05, 0) is 25.3 Å². The summed E-state index contributed by atoms with van der Waals surface area (Å²) >= 11 is 0. The number of benzene rings is 1. The lowest BCUT2D eigenvalue weighted by molar-refractivity contribution is 0.402. The third-order valence-corrected chi connectivity index (χ3v) is 4.54. The highest BCUT2D eigenvalue weighted by Crippen LogP contribution is 2.50. The van der Waals surface area contributed by atoms with Crippen LogP contribution in [0.5, 0.6) is 5.75 Å². The van der Waals surface area contributed by atoms with Crippen molar-refractivity contribution < 1.29 is 4.74 Å². The number of nitrogens with one attached hydrogen (secondary N) is 1. The van der Waals surface area contributed by atoms with Crippen LogP contribution in [0.1, 0.15) is 38.2 Å². The van der Waals surface area contributed by atoms with E-state index in [1.165, 1.54) is 31.2 Å². The molecule has 1 aliphatic rings. The van der Waals surface area contributed by atoms with Crippen LogP contribution >= 0.6 is 24.0 Å². The average molecular weight is 431 g/mol. The van der Waals surface area contributed by atoms with Gasteiger partial charge in [0.15, 0.2) is 5.96 Å². The van der Waals surface area contributed by atoms with E-state index in [2.05, 4.69) is 47.4 Å². The molecule has 5 heteroatoms. The summed E-state index contributed by atoms with van der Waals surface area (Å²) in [5, 5.41) is 3.55. The first kappa shape index (κ1) is 20.1.